The van der Waals surface area contributed by atoms with E-state index >= 15 is 0 Å². The summed E-state index contributed by atoms with van der Waals surface area (Å²) < 4.78 is 0. The standard InChI is InChI=1S/C16H31N3O/c1-12(2)13(3)11-16(20)15(18-19-17)10-9-14-7-5-4-6-8-14/h12-16,20H,4-11H2,1-3H3/t13-,15-,16-/m0/s1. The highest BCUT2D eigenvalue weighted by Gasteiger charge is 2.23. The highest BCUT2D eigenvalue weighted by atomic mass is 16.3. The number of nitrogens with zero attached hydrogens (tertiary/aromatic N) is 3. The molecule has 0 unspecified atom stereocenters. The summed E-state index contributed by atoms with van der Waals surface area (Å²) in [5.74, 6) is 1.78. The Bertz CT molecular complexity index is 307. The van der Waals surface area contributed by atoms with Crippen LogP contribution in [0, 0.1) is 17.8 Å². The van der Waals surface area contributed by atoms with Gasteiger partial charge in [0.2, 0.25) is 0 Å². The smallest absolute Gasteiger partial charge is 0.0633 e. The fourth-order valence-corrected chi connectivity index (χ4v) is 3.09. The van der Waals surface area contributed by atoms with E-state index in [1.54, 1.807) is 0 Å². The van der Waals surface area contributed by atoms with E-state index in [4.69, 9.17) is 5.53 Å². The van der Waals surface area contributed by atoms with Crippen LogP contribution < -0.4 is 0 Å². The highest BCUT2D eigenvalue weighted by molar-refractivity contribution is 4.80. The lowest BCUT2D eigenvalue weighted by Gasteiger charge is -2.26. The molecule has 0 aromatic heterocycles. The quantitative estimate of drug-likeness (QED) is 0.376. The van der Waals surface area contributed by atoms with Crippen molar-refractivity contribution in [2.75, 3.05) is 0 Å². The third-order valence-corrected chi connectivity index (χ3v) is 4.99. The third-order valence-electron chi connectivity index (χ3n) is 4.99. The molecule has 0 radical (unpaired) electrons. The van der Waals surface area contributed by atoms with Crippen molar-refractivity contribution in [3.05, 3.63) is 10.4 Å². The molecule has 4 nitrogen and oxygen atoms in total. The summed E-state index contributed by atoms with van der Waals surface area (Å²) in [4.78, 5) is 2.94. The zero-order chi connectivity index (χ0) is 15.0. The lowest BCUT2D eigenvalue weighted by molar-refractivity contribution is 0.101. The summed E-state index contributed by atoms with van der Waals surface area (Å²) in [7, 11) is 0. The second kappa shape index (κ2) is 9.25. The molecule has 0 heterocycles. The van der Waals surface area contributed by atoms with E-state index in [1.165, 1.54) is 32.1 Å². The molecule has 0 aromatic rings. The minimum atomic E-state index is -0.494. The fraction of sp³-hybridized carbons (Fsp3) is 1.00. The van der Waals surface area contributed by atoms with E-state index < -0.39 is 6.10 Å². The molecule has 1 aliphatic rings. The molecule has 1 saturated carbocycles. The minimum absolute atomic E-state index is 0.247. The van der Waals surface area contributed by atoms with Gasteiger partial charge in [-0.1, -0.05) is 58.0 Å². The van der Waals surface area contributed by atoms with Crippen molar-refractivity contribution in [1.82, 2.24) is 0 Å². The van der Waals surface area contributed by atoms with Crippen molar-refractivity contribution >= 4 is 0 Å². The molecule has 0 aromatic carbocycles. The Morgan fingerprint density at radius 2 is 1.85 bits per heavy atom. The molecule has 0 aliphatic heterocycles. The monoisotopic (exact) mass is 281 g/mol. The van der Waals surface area contributed by atoms with Gasteiger partial charge in [-0.05, 0) is 42.5 Å². The van der Waals surface area contributed by atoms with Crippen LogP contribution in [0.25, 0.3) is 10.4 Å². The maximum Gasteiger partial charge on any atom is 0.0633 e. The average Bonchev–Trinajstić information content (AvgIpc) is 2.44. The number of aliphatic hydroxyl groups excluding tert-OH is 1. The van der Waals surface area contributed by atoms with E-state index in [2.05, 4.69) is 30.8 Å². The first-order valence-electron chi connectivity index (χ1n) is 8.26. The molecule has 0 bridgehead atoms. The van der Waals surface area contributed by atoms with Crippen LogP contribution in [0.2, 0.25) is 0 Å². The lowest BCUT2D eigenvalue weighted by atomic mass is 9.83. The highest BCUT2D eigenvalue weighted by Crippen LogP contribution is 2.29. The zero-order valence-electron chi connectivity index (χ0n) is 13.3. The summed E-state index contributed by atoms with van der Waals surface area (Å²) in [5.41, 5.74) is 8.71. The second-order valence-electron chi connectivity index (χ2n) is 6.88. The van der Waals surface area contributed by atoms with Gasteiger partial charge in [-0.25, -0.2) is 0 Å². The van der Waals surface area contributed by atoms with Crippen molar-refractivity contribution in [2.45, 2.75) is 84.3 Å². The van der Waals surface area contributed by atoms with Crippen molar-refractivity contribution < 1.29 is 5.11 Å². The maximum atomic E-state index is 10.3. The summed E-state index contributed by atoms with van der Waals surface area (Å²) in [6.45, 7) is 6.49. The molecule has 0 saturated heterocycles. The predicted molar refractivity (Wildman–Crippen MR) is 83.4 cm³/mol. The van der Waals surface area contributed by atoms with E-state index in [-0.39, 0.29) is 6.04 Å². The predicted octanol–water partition coefficient (Wildman–Crippen LogP) is 5.07. The summed E-state index contributed by atoms with van der Waals surface area (Å²) in [6.07, 6.45) is 8.82. The Balaban J connectivity index is 2.43. The average molecular weight is 281 g/mol. The first kappa shape index (κ1) is 17.3. The summed E-state index contributed by atoms with van der Waals surface area (Å²) in [5, 5.41) is 14.2. The van der Waals surface area contributed by atoms with Gasteiger partial charge in [0.1, 0.15) is 0 Å². The maximum absolute atomic E-state index is 10.3. The normalized spacial score (nSPS) is 21.2. The van der Waals surface area contributed by atoms with Gasteiger partial charge in [0.25, 0.3) is 0 Å². The zero-order valence-corrected chi connectivity index (χ0v) is 13.3. The number of aliphatic hydroxyl groups is 1. The molecule has 3 atom stereocenters. The second-order valence-corrected chi connectivity index (χ2v) is 6.88. The van der Waals surface area contributed by atoms with Crippen LogP contribution in [-0.4, -0.2) is 17.3 Å². The summed E-state index contributed by atoms with van der Waals surface area (Å²) in [6, 6.07) is -0.247. The SMILES string of the molecule is CC(C)[C@@H](C)C[C@H](O)[C@H](CCC1CCCCC1)N=[N+]=[N-]. The molecule has 0 spiro atoms. The van der Waals surface area contributed by atoms with Crippen LogP contribution in [0.3, 0.4) is 0 Å². The van der Waals surface area contributed by atoms with Gasteiger partial charge in [-0.2, -0.15) is 0 Å². The molecule has 1 N–H and O–H groups in total. The third kappa shape index (κ3) is 6.15. The largest absolute Gasteiger partial charge is 0.393 e. The minimum Gasteiger partial charge on any atom is -0.393 e. The number of rotatable bonds is 8. The number of azide groups is 1. The van der Waals surface area contributed by atoms with Crippen LogP contribution in [0.4, 0.5) is 0 Å². The van der Waals surface area contributed by atoms with E-state index in [1.807, 2.05) is 0 Å². The molecular formula is C16H31N3O. The Kier molecular flexibility index (Phi) is 8.01. The van der Waals surface area contributed by atoms with Gasteiger partial charge in [0, 0.05) is 4.91 Å². The van der Waals surface area contributed by atoms with E-state index in [0.717, 1.165) is 25.2 Å². The Hall–Kier alpha value is -0.730. The molecule has 20 heavy (non-hydrogen) atoms. The fourth-order valence-electron chi connectivity index (χ4n) is 3.09. The Morgan fingerprint density at radius 3 is 2.40 bits per heavy atom. The summed E-state index contributed by atoms with van der Waals surface area (Å²) >= 11 is 0. The van der Waals surface area contributed by atoms with Gasteiger partial charge in [-0.3, -0.25) is 0 Å². The lowest BCUT2D eigenvalue weighted by Crippen LogP contribution is -2.28. The van der Waals surface area contributed by atoms with Crippen LogP contribution in [0.15, 0.2) is 5.11 Å². The van der Waals surface area contributed by atoms with Crippen LogP contribution >= 0.6 is 0 Å². The topological polar surface area (TPSA) is 69.0 Å². The van der Waals surface area contributed by atoms with Gasteiger partial charge in [0.15, 0.2) is 0 Å². The van der Waals surface area contributed by atoms with Crippen molar-refractivity contribution in [3.63, 3.8) is 0 Å². The van der Waals surface area contributed by atoms with E-state index in [0.29, 0.717) is 11.8 Å². The van der Waals surface area contributed by atoms with Crippen molar-refractivity contribution in [2.24, 2.45) is 22.9 Å². The van der Waals surface area contributed by atoms with Crippen molar-refractivity contribution in [3.8, 4) is 0 Å². The molecule has 1 fully saturated rings. The molecule has 1 aliphatic carbocycles. The first-order valence-corrected chi connectivity index (χ1v) is 8.26. The van der Waals surface area contributed by atoms with Crippen LogP contribution in [-0.2, 0) is 0 Å². The van der Waals surface area contributed by atoms with Gasteiger partial charge >= 0.3 is 0 Å². The number of hydrogen-bond acceptors (Lipinski definition) is 2. The Morgan fingerprint density at radius 1 is 1.20 bits per heavy atom. The van der Waals surface area contributed by atoms with E-state index in [9.17, 15) is 5.11 Å². The van der Waals surface area contributed by atoms with Gasteiger partial charge < -0.3 is 5.11 Å². The molecule has 1 rings (SSSR count). The Labute approximate surface area is 123 Å². The molecule has 0 amide bonds. The van der Waals surface area contributed by atoms with Crippen LogP contribution in [0.1, 0.15) is 72.1 Å². The first-order chi connectivity index (χ1) is 9.54. The number of hydrogen-bond donors (Lipinski definition) is 1. The molecular weight excluding hydrogens is 250 g/mol. The van der Waals surface area contributed by atoms with Crippen LogP contribution in [0.5, 0.6) is 0 Å². The van der Waals surface area contributed by atoms with Gasteiger partial charge in [0.05, 0.1) is 12.1 Å². The molecule has 116 valence electrons. The van der Waals surface area contributed by atoms with Gasteiger partial charge in [-0.15, -0.1) is 0 Å². The molecule has 4 heteroatoms. The van der Waals surface area contributed by atoms with Crippen molar-refractivity contribution in [1.29, 1.82) is 0 Å².